The van der Waals surface area contributed by atoms with Gasteiger partial charge in [0.2, 0.25) is 0 Å². The fourth-order valence-corrected chi connectivity index (χ4v) is 7.17. The second-order valence-electron chi connectivity index (χ2n) is 7.08. The maximum atomic E-state index is 12.7. The van der Waals surface area contributed by atoms with Gasteiger partial charge >= 0.3 is 0 Å². The molecule has 3 heteroatoms. The number of hydrogen-bond donors (Lipinski definition) is 0. The van der Waals surface area contributed by atoms with Crippen molar-refractivity contribution in [2.45, 2.75) is 99.9 Å². The summed E-state index contributed by atoms with van der Waals surface area (Å²) in [5, 5.41) is -0.00102. The molecule has 0 aromatic heterocycles. The SMILES string of the molecule is C=CCCCCCCCCC12CCCCC(CC1)S2(=O)=O. The largest absolute Gasteiger partial charge is 0.228 e. The zero-order chi connectivity index (χ0) is 15.2. The Balaban J connectivity index is 1.73. The highest BCUT2D eigenvalue weighted by atomic mass is 32.2. The maximum absolute atomic E-state index is 12.7. The summed E-state index contributed by atoms with van der Waals surface area (Å²) in [7, 11) is -2.84. The molecule has 0 saturated carbocycles. The molecule has 0 N–H and O–H groups in total. The molecule has 0 aliphatic carbocycles. The quantitative estimate of drug-likeness (QED) is 0.434. The van der Waals surface area contributed by atoms with Gasteiger partial charge in [-0.25, -0.2) is 8.42 Å². The highest BCUT2D eigenvalue weighted by Gasteiger charge is 2.53. The second kappa shape index (κ2) is 7.80. The zero-order valence-electron chi connectivity index (χ0n) is 13.5. The van der Waals surface area contributed by atoms with Gasteiger partial charge in [0, 0.05) is 0 Å². The number of rotatable bonds is 9. The Kier molecular flexibility index (Phi) is 6.34. The highest BCUT2D eigenvalue weighted by Crippen LogP contribution is 2.48. The molecule has 2 nitrogen and oxygen atoms in total. The minimum atomic E-state index is -2.84. The molecule has 0 spiro atoms. The van der Waals surface area contributed by atoms with Gasteiger partial charge in [0.05, 0.1) is 10.00 Å². The fourth-order valence-electron chi connectivity index (χ4n) is 4.30. The molecule has 0 aromatic rings. The van der Waals surface area contributed by atoms with Gasteiger partial charge in [-0.1, -0.05) is 51.0 Å². The van der Waals surface area contributed by atoms with E-state index >= 15 is 0 Å². The summed E-state index contributed by atoms with van der Waals surface area (Å²) in [5.74, 6) is 0. The van der Waals surface area contributed by atoms with Crippen LogP contribution in [0, 0.1) is 0 Å². The normalized spacial score (nSPS) is 31.0. The van der Waals surface area contributed by atoms with Gasteiger partial charge in [-0.15, -0.1) is 6.58 Å². The first-order valence-corrected chi connectivity index (χ1v) is 10.5. The first-order valence-electron chi connectivity index (χ1n) is 8.97. The smallest absolute Gasteiger partial charge is 0.158 e. The monoisotopic (exact) mass is 312 g/mol. The lowest BCUT2D eigenvalue weighted by molar-refractivity contribution is 0.404. The van der Waals surface area contributed by atoms with Gasteiger partial charge in [0.25, 0.3) is 0 Å². The van der Waals surface area contributed by atoms with E-state index in [0.717, 1.165) is 57.8 Å². The molecule has 2 aliphatic rings. The Labute approximate surface area is 131 Å². The van der Waals surface area contributed by atoms with Crippen LogP contribution in [0.1, 0.15) is 89.9 Å². The van der Waals surface area contributed by atoms with Crippen LogP contribution in [-0.4, -0.2) is 18.4 Å². The van der Waals surface area contributed by atoms with Crippen molar-refractivity contribution in [1.82, 2.24) is 0 Å². The van der Waals surface area contributed by atoms with E-state index in [4.69, 9.17) is 0 Å². The van der Waals surface area contributed by atoms with Gasteiger partial charge in [-0.05, 0) is 44.9 Å². The van der Waals surface area contributed by atoms with Crippen LogP contribution in [0.2, 0.25) is 0 Å². The summed E-state index contributed by atoms with van der Waals surface area (Å²) in [4.78, 5) is 0. The van der Waals surface area contributed by atoms with E-state index in [1.54, 1.807) is 0 Å². The zero-order valence-corrected chi connectivity index (χ0v) is 14.3. The summed E-state index contributed by atoms with van der Waals surface area (Å²) in [6, 6.07) is 0. The number of sulfone groups is 1. The third-order valence-electron chi connectivity index (χ3n) is 5.66. The molecule has 2 atom stereocenters. The average Bonchev–Trinajstić information content (AvgIpc) is 2.59. The molecule has 2 fully saturated rings. The van der Waals surface area contributed by atoms with Crippen molar-refractivity contribution in [1.29, 1.82) is 0 Å². The molecule has 2 heterocycles. The average molecular weight is 313 g/mol. The lowest BCUT2D eigenvalue weighted by Gasteiger charge is -2.27. The molecule has 21 heavy (non-hydrogen) atoms. The van der Waals surface area contributed by atoms with Crippen molar-refractivity contribution in [3.05, 3.63) is 12.7 Å². The van der Waals surface area contributed by atoms with Gasteiger partial charge in [-0.3, -0.25) is 0 Å². The van der Waals surface area contributed by atoms with E-state index < -0.39 is 9.84 Å². The molecule has 2 bridgehead atoms. The topological polar surface area (TPSA) is 34.1 Å². The molecule has 2 rings (SSSR count). The van der Waals surface area contributed by atoms with E-state index in [9.17, 15) is 8.42 Å². The number of unbranched alkanes of at least 4 members (excludes halogenated alkanes) is 6. The van der Waals surface area contributed by atoms with Crippen LogP contribution in [-0.2, 0) is 9.84 Å². The molecule has 0 radical (unpaired) electrons. The fraction of sp³-hybridized carbons (Fsp3) is 0.889. The molecule has 0 amide bonds. The summed E-state index contributed by atoms with van der Waals surface area (Å²) in [6.07, 6.45) is 17.4. The molecular weight excluding hydrogens is 280 g/mol. The predicted octanol–water partition coefficient (Wildman–Crippen LogP) is 5.18. The minimum absolute atomic E-state index is 0.00102. The minimum Gasteiger partial charge on any atom is -0.228 e. The summed E-state index contributed by atoms with van der Waals surface area (Å²) in [5.41, 5.74) is 0. The van der Waals surface area contributed by atoms with Crippen LogP contribution in [0.4, 0.5) is 0 Å². The Morgan fingerprint density at radius 1 is 0.952 bits per heavy atom. The molecule has 2 unspecified atom stereocenters. The van der Waals surface area contributed by atoms with E-state index in [2.05, 4.69) is 6.58 Å². The van der Waals surface area contributed by atoms with Gasteiger partial charge in [0.1, 0.15) is 0 Å². The van der Waals surface area contributed by atoms with Gasteiger partial charge < -0.3 is 0 Å². The first-order chi connectivity index (χ1) is 10.1. The van der Waals surface area contributed by atoms with E-state index in [-0.39, 0.29) is 10.00 Å². The predicted molar refractivity (Wildman–Crippen MR) is 90.3 cm³/mol. The molecule has 0 aromatic carbocycles. The van der Waals surface area contributed by atoms with Crippen LogP contribution in [0.3, 0.4) is 0 Å². The lowest BCUT2D eigenvalue weighted by Crippen LogP contribution is -2.36. The Hall–Kier alpha value is -0.310. The number of allylic oxidation sites excluding steroid dienone is 1. The summed E-state index contributed by atoms with van der Waals surface area (Å²) in [6.45, 7) is 3.74. The van der Waals surface area contributed by atoms with E-state index in [1.165, 1.54) is 32.1 Å². The van der Waals surface area contributed by atoms with Crippen molar-refractivity contribution in [3.8, 4) is 0 Å². The van der Waals surface area contributed by atoms with E-state index in [0.29, 0.717) is 0 Å². The molecule has 122 valence electrons. The Bertz CT molecular complexity index is 426. The molecule has 2 aliphatic heterocycles. The van der Waals surface area contributed by atoms with Crippen LogP contribution in [0.5, 0.6) is 0 Å². The summed E-state index contributed by atoms with van der Waals surface area (Å²) < 4.78 is 25.2. The van der Waals surface area contributed by atoms with E-state index in [1.807, 2.05) is 6.08 Å². The van der Waals surface area contributed by atoms with Crippen LogP contribution in [0.25, 0.3) is 0 Å². The van der Waals surface area contributed by atoms with Crippen molar-refractivity contribution in [2.24, 2.45) is 0 Å². The van der Waals surface area contributed by atoms with Crippen LogP contribution >= 0.6 is 0 Å². The van der Waals surface area contributed by atoms with Crippen molar-refractivity contribution in [2.75, 3.05) is 0 Å². The first kappa shape index (κ1) is 17.1. The van der Waals surface area contributed by atoms with Crippen molar-refractivity contribution >= 4 is 9.84 Å². The maximum Gasteiger partial charge on any atom is 0.158 e. The van der Waals surface area contributed by atoms with Crippen LogP contribution in [0.15, 0.2) is 12.7 Å². The third-order valence-corrected chi connectivity index (χ3v) is 8.83. The number of fused-ring (bicyclic) bond motifs is 2. The Morgan fingerprint density at radius 3 is 2.43 bits per heavy atom. The van der Waals surface area contributed by atoms with Crippen molar-refractivity contribution < 1.29 is 8.42 Å². The number of hydrogen-bond acceptors (Lipinski definition) is 2. The summed E-state index contributed by atoms with van der Waals surface area (Å²) >= 11 is 0. The van der Waals surface area contributed by atoms with Crippen LogP contribution < -0.4 is 0 Å². The highest BCUT2D eigenvalue weighted by molar-refractivity contribution is 7.93. The Morgan fingerprint density at radius 2 is 1.67 bits per heavy atom. The molecular formula is C18H32O2S. The third kappa shape index (κ3) is 3.91. The van der Waals surface area contributed by atoms with Crippen molar-refractivity contribution in [3.63, 3.8) is 0 Å². The van der Waals surface area contributed by atoms with Gasteiger partial charge in [-0.2, -0.15) is 0 Å². The standard InChI is InChI=1S/C18H32O2S/c1-2-3-4-5-6-7-8-10-14-18-15-11-9-12-17(13-16-18)21(18,19)20/h2,17H,1,3-16H2. The molecule has 2 saturated heterocycles. The van der Waals surface area contributed by atoms with Gasteiger partial charge in [0.15, 0.2) is 9.84 Å². The lowest BCUT2D eigenvalue weighted by atomic mass is 9.87. The second-order valence-corrected chi connectivity index (χ2v) is 9.71.